The van der Waals surface area contributed by atoms with E-state index in [1.165, 1.54) is 16.6 Å². The second kappa shape index (κ2) is 7.92. The lowest BCUT2D eigenvalue weighted by Gasteiger charge is -2.31. The average Bonchev–Trinajstić information content (AvgIpc) is 2.65. The molecule has 1 aromatic heterocycles. The number of aromatic nitrogens is 1. The molecule has 0 aliphatic carbocycles. The smallest absolute Gasteiger partial charge is 0.244 e. The van der Waals surface area contributed by atoms with Gasteiger partial charge in [-0.15, -0.1) is 0 Å². The Kier molecular flexibility index (Phi) is 5.78. The lowest BCUT2D eigenvalue weighted by atomic mass is 10.1. The van der Waals surface area contributed by atoms with Crippen molar-refractivity contribution in [1.82, 2.24) is 14.2 Å². The number of hydrogen-bond acceptors (Lipinski definition) is 5. The summed E-state index contributed by atoms with van der Waals surface area (Å²) in [4.78, 5) is 8.47. The molecule has 0 radical (unpaired) electrons. The first kappa shape index (κ1) is 19.7. The molecule has 6 nitrogen and oxygen atoms in total. The van der Waals surface area contributed by atoms with Gasteiger partial charge in [0, 0.05) is 46.0 Å². The Morgan fingerprint density at radius 3 is 2.44 bits per heavy atom. The summed E-state index contributed by atoms with van der Waals surface area (Å²) >= 11 is 0. The van der Waals surface area contributed by atoms with Crippen molar-refractivity contribution >= 4 is 15.8 Å². The van der Waals surface area contributed by atoms with E-state index in [4.69, 9.17) is 0 Å². The summed E-state index contributed by atoms with van der Waals surface area (Å²) in [5.41, 5.74) is 1.44. The highest BCUT2D eigenvalue weighted by molar-refractivity contribution is 7.89. The molecule has 27 heavy (non-hydrogen) atoms. The molecule has 0 bridgehead atoms. The zero-order chi connectivity index (χ0) is 19.6. The molecule has 0 amide bonds. The Labute approximate surface area is 160 Å². The van der Waals surface area contributed by atoms with Crippen LogP contribution in [0.25, 0.3) is 0 Å². The van der Waals surface area contributed by atoms with Crippen LogP contribution in [0.5, 0.6) is 0 Å². The largest absolute Gasteiger partial charge is 0.355 e. The minimum atomic E-state index is -3.52. The number of likely N-dealkylation sites (N-methyl/N-ethyl adjacent to an activating group) is 1. The Morgan fingerprint density at radius 1 is 1.15 bits per heavy atom. The van der Waals surface area contributed by atoms with Crippen LogP contribution in [-0.2, 0) is 16.6 Å². The van der Waals surface area contributed by atoms with Crippen molar-refractivity contribution in [2.24, 2.45) is 0 Å². The van der Waals surface area contributed by atoms with Crippen molar-refractivity contribution in [3.63, 3.8) is 0 Å². The molecular weight excluding hydrogens is 367 g/mol. The van der Waals surface area contributed by atoms with Crippen LogP contribution in [0.2, 0.25) is 0 Å². The molecule has 0 unspecified atom stereocenters. The molecule has 2 heterocycles. The third-order valence-corrected chi connectivity index (χ3v) is 6.75. The SMILES string of the molecule is Cc1ccc(CN(C)c2ccc(S(=O)(=O)N3CCN(C)CC3)cn2)cc1F. The van der Waals surface area contributed by atoms with Gasteiger partial charge in [-0.1, -0.05) is 12.1 Å². The Morgan fingerprint density at radius 2 is 1.85 bits per heavy atom. The summed E-state index contributed by atoms with van der Waals surface area (Å²) in [5.74, 6) is 0.399. The second-order valence-electron chi connectivity index (χ2n) is 7.00. The zero-order valence-electron chi connectivity index (χ0n) is 15.9. The first-order valence-electron chi connectivity index (χ1n) is 8.88. The molecule has 8 heteroatoms. The number of sulfonamides is 1. The standard InChI is InChI=1S/C19H25FN4O2S/c1-15-4-5-16(12-18(15)20)14-23(3)19-7-6-17(13-21-19)27(25,26)24-10-8-22(2)9-11-24/h4-7,12-13H,8-11,14H2,1-3H3. The summed E-state index contributed by atoms with van der Waals surface area (Å²) < 4.78 is 40.7. The molecule has 1 fully saturated rings. The zero-order valence-corrected chi connectivity index (χ0v) is 16.7. The van der Waals surface area contributed by atoms with Gasteiger partial charge in [-0.3, -0.25) is 0 Å². The van der Waals surface area contributed by atoms with Crippen molar-refractivity contribution in [2.45, 2.75) is 18.4 Å². The van der Waals surface area contributed by atoms with Crippen LogP contribution in [0, 0.1) is 12.7 Å². The first-order chi connectivity index (χ1) is 12.8. The van der Waals surface area contributed by atoms with E-state index in [-0.39, 0.29) is 10.7 Å². The fourth-order valence-corrected chi connectivity index (χ4v) is 4.39. The number of anilines is 1. The average molecular weight is 393 g/mol. The summed E-state index contributed by atoms with van der Waals surface area (Å²) in [5, 5.41) is 0. The van der Waals surface area contributed by atoms with Gasteiger partial charge >= 0.3 is 0 Å². The van der Waals surface area contributed by atoms with Crippen molar-refractivity contribution in [1.29, 1.82) is 0 Å². The van der Waals surface area contributed by atoms with Gasteiger partial charge in [-0.2, -0.15) is 4.31 Å². The number of benzene rings is 1. The molecule has 0 saturated carbocycles. The van der Waals surface area contributed by atoms with E-state index in [0.29, 0.717) is 31.0 Å². The van der Waals surface area contributed by atoms with Crippen LogP contribution in [0.4, 0.5) is 10.2 Å². The van der Waals surface area contributed by atoms with Gasteiger partial charge in [0.1, 0.15) is 16.5 Å². The van der Waals surface area contributed by atoms with E-state index in [1.54, 1.807) is 25.1 Å². The molecule has 146 valence electrons. The number of pyridine rings is 1. The highest BCUT2D eigenvalue weighted by Gasteiger charge is 2.27. The van der Waals surface area contributed by atoms with Crippen LogP contribution in [0.15, 0.2) is 41.4 Å². The maximum Gasteiger partial charge on any atom is 0.244 e. The molecule has 1 aliphatic heterocycles. The maximum atomic E-state index is 13.7. The summed E-state index contributed by atoms with van der Waals surface area (Å²) in [6.45, 7) is 4.62. The van der Waals surface area contributed by atoms with E-state index < -0.39 is 10.0 Å². The monoisotopic (exact) mass is 392 g/mol. The number of rotatable bonds is 5. The minimum Gasteiger partial charge on any atom is -0.355 e. The van der Waals surface area contributed by atoms with E-state index in [2.05, 4.69) is 9.88 Å². The highest BCUT2D eigenvalue weighted by Crippen LogP contribution is 2.20. The number of nitrogens with zero attached hydrogens (tertiary/aromatic N) is 4. The molecule has 2 aromatic rings. The van der Waals surface area contributed by atoms with E-state index in [1.807, 2.05) is 25.1 Å². The number of halogens is 1. The number of piperazine rings is 1. The molecule has 1 aromatic carbocycles. The third kappa shape index (κ3) is 4.45. The predicted molar refractivity (Wildman–Crippen MR) is 104 cm³/mol. The first-order valence-corrected chi connectivity index (χ1v) is 10.3. The molecule has 3 rings (SSSR count). The molecular formula is C19H25FN4O2S. The van der Waals surface area contributed by atoms with E-state index in [0.717, 1.165) is 18.7 Å². The second-order valence-corrected chi connectivity index (χ2v) is 8.94. The van der Waals surface area contributed by atoms with Gasteiger partial charge in [-0.05, 0) is 43.3 Å². The maximum absolute atomic E-state index is 13.7. The van der Waals surface area contributed by atoms with Crippen LogP contribution < -0.4 is 4.90 Å². The lowest BCUT2D eigenvalue weighted by Crippen LogP contribution is -2.47. The Hall–Kier alpha value is -2.03. The van der Waals surface area contributed by atoms with Crippen molar-refractivity contribution in [3.8, 4) is 0 Å². The van der Waals surface area contributed by atoms with Crippen LogP contribution in [0.3, 0.4) is 0 Å². The van der Waals surface area contributed by atoms with Gasteiger partial charge in [0.15, 0.2) is 0 Å². The molecule has 1 saturated heterocycles. The third-order valence-electron chi connectivity index (χ3n) is 4.87. The normalized spacial score (nSPS) is 16.4. The number of hydrogen-bond donors (Lipinski definition) is 0. The highest BCUT2D eigenvalue weighted by atomic mass is 32.2. The van der Waals surface area contributed by atoms with Crippen LogP contribution in [-0.4, -0.2) is 62.9 Å². The van der Waals surface area contributed by atoms with Crippen molar-refractivity contribution < 1.29 is 12.8 Å². The van der Waals surface area contributed by atoms with Crippen LogP contribution >= 0.6 is 0 Å². The van der Waals surface area contributed by atoms with E-state index >= 15 is 0 Å². The fraction of sp³-hybridized carbons (Fsp3) is 0.421. The van der Waals surface area contributed by atoms with Crippen LogP contribution in [0.1, 0.15) is 11.1 Å². The lowest BCUT2D eigenvalue weighted by molar-refractivity contribution is 0.222. The van der Waals surface area contributed by atoms with Gasteiger partial charge < -0.3 is 9.80 Å². The fourth-order valence-electron chi connectivity index (χ4n) is 3.02. The topological polar surface area (TPSA) is 56.8 Å². The Bertz CT molecular complexity index is 894. The summed E-state index contributed by atoms with van der Waals surface area (Å²) in [7, 11) is 0.303. The molecule has 0 spiro atoms. The molecule has 1 aliphatic rings. The summed E-state index contributed by atoms with van der Waals surface area (Å²) in [6.07, 6.45) is 1.40. The summed E-state index contributed by atoms with van der Waals surface area (Å²) in [6, 6.07) is 8.41. The Balaban J connectivity index is 1.71. The minimum absolute atomic E-state index is 0.200. The quantitative estimate of drug-likeness (QED) is 0.780. The van der Waals surface area contributed by atoms with E-state index in [9.17, 15) is 12.8 Å². The van der Waals surface area contributed by atoms with Gasteiger partial charge in [0.2, 0.25) is 10.0 Å². The molecule has 0 N–H and O–H groups in total. The van der Waals surface area contributed by atoms with Crippen molar-refractivity contribution in [2.75, 3.05) is 45.2 Å². The van der Waals surface area contributed by atoms with Gasteiger partial charge in [-0.25, -0.2) is 17.8 Å². The number of aryl methyl sites for hydroxylation is 1. The predicted octanol–water partition coefficient (Wildman–Crippen LogP) is 2.10. The van der Waals surface area contributed by atoms with Gasteiger partial charge in [0.05, 0.1) is 0 Å². The van der Waals surface area contributed by atoms with Crippen molar-refractivity contribution in [3.05, 3.63) is 53.5 Å². The van der Waals surface area contributed by atoms with Gasteiger partial charge in [0.25, 0.3) is 0 Å². The molecule has 0 atom stereocenters.